The van der Waals surface area contributed by atoms with Gasteiger partial charge >= 0.3 is 6.03 Å². The molecule has 3 N–H and O–H groups in total. The van der Waals surface area contributed by atoms with E-state index in [4.69, 9.17) is 0 Å². The van der Waals surface area contributed by atoms with Gasteiger partial charge in [-0.05, 0) is 17.2 Å². The van der Waals surface area contributed by atoms with Crippen LogP contribution in [0.5, 0.6) is 0 Å². The van der Waals surface area contributed by atoms with E-state index in [1.807, 2.05) is 18.2 Å². The number of anilines is 1. The quantitative estimate of drug-likeness (QED) is 0.769. The van der Waals surface area contributed by atoms with Gasteiger partial charge in [0.25, 0.3) is 0 Å². The summed E-state index contributed by atoms with van der Waals surface area (Å²) in [5, 5.41) is 8.16. The smallest absolute Gasteiger partial charge is 0.314 e. The molecular formula is C14H19N3O2. The van der Waals surface area contributed by atoms with Crippen molar-refractivity contribution in [3.8, 4) is 0 Å². The molecule has 1 aromatic rings. The number of urea groups is 1. The molecule has 0 saturated carbocycles. The Bertz CT molecular complexity index is 523. The molecule has 5 nitrogen and oxygen atoms in total. The van der Waals surface area contributed by atoms with Gasteiger partial charge in [-0.15, -0.1) is 0 Å². The fourth-order valence-electron chi connectivity index (χ4n) is 2.14. The van der Waals surface area contributed by atoms with Crippen LogP contribution in [0.15, 0.2) is 18.2 Å². The van der Waals surface area contributed by atoms with E-state index in [0.717, 1.165) is 16.8 Å². The van der Waals surface area contributed by atoms with Gasteiger partial charge in [0, 0.05) is 24.7 Å². The van der Waals surface area contributed by atoms with Crippen LogP contribution in [-0.2, 0) is 16.6 Å². The highest BCUT2D eigenvalue weighted by Crippen LogP contribution is 2.29. The summed E-state index contributed by atoms with van der Waals surface area (Å²) in [6.45, 7) is 4.66. The predicted octanol–water partition coefficient (Wildman–Crippen LogP) is 1.39. The van der Waals surface area contributed by atoms with Gasteiger partial charge in [-0.25, -0.2) is 4.79 Å². The normalized spacial score (nSPS) is 13.7. The fourth-order valence-corrected chi connectivity index (χ4v) is 2.14. The molecule has 102 valence electrons. The summed E-state index contributed by atoms with van der Waals surface area (Å²) in [6.07, 6.45) is 0.433. The zero-order chi connectivity index (χ0) is 14.0. The lowest BCUT2D eigenvalue weighted by molar-refractivity contribution is -0.115. The van der Waals surface area contributed by atoms with Crippen LogP contribution in [0.2, 0.25) is 0 Å². The van der Waals surface area contributed by atoms with Crippen molar-refractivity contribution in [3.63, 3.8) is 0 Å². The van der Waals surface area contributed by atoms with E-state index in [1.54, 1.807) is 7.05 Å². The number of fused-ring (bicyclic) bond motifs is 1. The van der Waals surface area contributed by atoms with E-state index in [0.29, 0.717) is 13.0 Å². The summed E-state index contributed by atoms with van der Waals surface area (Å²) in [6, 6.07) is 5.78. The second-order valence-electron chi connectivity index (χ2n) is 5.41. The van der Waals surface area contributed by atoms with Crippen LogP contribution in [0.3, 0.4) is 0 Å². The summed E-state index contributed by atoms with van der Waals surface area (Å²) in [4.78, 5) is 22.6. The molecule has 0 atom stereocenters. The molecule has 0 bridgehead atoms. The number of carbonyl (C=O) groups is 2. The van der Waals surface area contributed by atoms with Crippen LogP contribution in [-0.4, -0.2) is 25.5 Å². The second kappa shape index (κ2) is 4.91. The van der Waals surface area contributed by atoms with Crippen molar-refractivity contribution < 1.29 is 9.59 Å². The van der Waals surface area contributed by atoms with E-state index >= 15 is 0 Å². The van der Waals surface area contributed by atoms with Crippen molar-refractivity contribution in [2.24, 2.45) is 0 Å². The number of carbonyl (C=O) groups excluding carboxylic acids is 2. The van der Waals surface area contributed by atoms with Gasteiger partial charge in [0.05, 0.1) is 6.42 Å². The summed E-state index contributed by atoms with van der Waals surface area (Å²) >= 11 is 0. The Labute approximate surface area is 112 Å². The van der Waals surface area contributed by atoms with E-state index in [9.17, 15) is 9.59 Å². The highest BCUT2D eigenvalue weighted by molar-refractivity contribution is 5.99. The van der Waals surface area contributed by atoms with Crippen LogP contribution in [0.25, 0.3) is 0 Å². The van der Waals surface area contributed by atoms with Gasteiger partial charge in [0.2, 0.25) is 5.91 Å². The van der Waals surface area contributed by atoms with E-state index in [2.05, 4.69) is 29.8 Å². The molecule has 0 unspecified atom stereocenters. The maximum Gasteiger partial charge on any atom is 0.314 e. The Kier molecular flexibility index (Phi) is 3.46. The number of benzene rings is 1. The number of rotatable bonds is 3. The standard InChI is InChI=1S/C14H19N3O2/c1-14(2,8-16-13(19)15-3)10-4-5-11-9(6-10)7-12(18)17-11/h4-6H,7-8H2,1-3H3,(H,17,18)(H2,15,16,19). The van der Waals surface area contributed by atoms with Gasteiger partial charge in [-0.1, -0.05) is 26.0 Å². The Morgan fingerprint density at radius 3 is 2.84 bits per heavy atom. The highest BCUT2D eigenvalue weighted by Gasteiger charge is 2.25. The zero-order valence-corrected chi connectivity index (χ0v) is 11.5. The molecule has 1 heterocycles. The maximum absolute atomic E-state index is 11.3. The van der Waals surface area contributed by atoms with Crippen molar-refractivity contribution in [1.29, 1.82) is 0 Å². The van der Waals surface area contributed by atoms with Crippen molar-refractivity contribution in [2.75, 3.05) is 18.9 Å². The monoisotopic (exact) mass is 261 g/mol. The highest BCUT2D eigenvalue weighted by atomic mass is 16.2. The molecule has 3 amide bonds. The third kappa shape index (κ3) is 2.86. The van der Waals surface area contributed by atoms with Crippen LogP contribution < -0.4 is 16.0 Å². The molecule has 0 fully saturated rings. The number of hydrogen-bond acceptors (Lipinski definition) is 2. The first-order valence-electron chi connectivity index (χ1n) is 6.31. The Balaban J connectivity index is 2.15. The van der Waals surface area contributed by atoms with E-state index in [-0.39, 0.29) is 17.4 Å². The van der Waals surface area contributed by atoms with Crippen LogP contribution >= 0.6 is 0 Å². The number of hydrogen-bond donors (Lipinski definition) is 3. The molecule has 5 heteroatoms. The third-order valence-corrected chi connectivity index (χ3v) is 3.43. The second-order valence-corrected chi connectivity index (χ2v) is 5.41. The first-order valence-corrected chi connectivity index (χ1v) is 6.31. The minimum absolute atomic E-state index is 0.0356. The number of nitrogens with one attached hydrogen (secondary N) is 3. The molecule has 19 heavy (non-hydrogen) atoms. The molecular weight excluding hydrogens is 242 g/mol. The van der Waals surface area contributed by atoms with Crippen LogP contribution in [0, 0.1) is 0 Å². The SMILES string of the molecule is CNC(=O)NCC(C)(C)c1ccc2c(c1)CC(=O)N2. The lowest BCUT2D eigenvalue weighted by Gasteiger charge is -2.26. The van der Waals surface area contributed by atoms with E-state index in [1.165, 1.54) is 0 Å². The minimum atomic E-state index is -0.189. The Hall–Kier alpha value is -2.04. The summed E-state index contributed by atoms with van der Waals surface area (Å²) < 4.78 is 0. The first kappa shape index (κ1) is 13.4. The molecule has 0 spiro atoms. The van der Waals surface area contributed by atoms with Gasteiger partial charge in [0.1, 0.15) is 0 Å². The summed E-state index contributed by atoms with van der Waals surface area (Å²) in [5.74, 6) is 0.0356. The van der Waals surface area contributed by atoms with Crippen molar-refractivity contribution in [2.45, 2.75) is 25.7 Å². The zero-order valence-electron chi connectivity index (χ0n) is 11.5. The van der Waals surface area contributed by atoms with E-state index < -0.39 is 0 Å². The third-order valence-electron chi connectivity index (χ3n) is 3.43. The van der Waals surface area contributed by atoms with Crippen LogP contribution in [0.4, 0.5) is 10.5 Å². The largest absolute Gasteiger partial charge is 0.341 e. The predicted molar refractivity (Wildman–Crippen MR) is 74.3 cm³/mol. The van der Waals surface area contributed by atoms with Crippen molar-refractivity contribution in [3.05, 3.63) is 29.3 Å². The van der Waals surface area contributed by atoms with Crippen LogP contribution in [0.1, 0.15) is 25.0 Å². The summed E-state index contributed by atoms with van der Waals surface area (Å²) in [5.41, 5.74) is 2.84. The topological polar surface area (TPSA) is 70.2 Å². The molecule has 0 aliphatic carbocycles. The van der Waals surface area contributed by atoms with Crippen molar-refractivity contribution in [1.82, 2.24) is 10.6 Å². The molecule has 1 aromatic carbocycles. The van der Waals surface area contributed by atoms with Gasteiger partial charge in [0.15, 0.2) is 0 Å². The van der Waals surface area contributed by atoms with Gasteiger partial charge < -0.3 is 16.0 Å². The Morgan fingerprint density at radius 2 is 2.16 bits per heavy atom. The van der Waals surface area contributed by atoms with Gasteiger partial charge in [-0.3, -0.25) is 4.79 Å². The lowest BCUT2D eigenvalue weighted by Crippen LogP contribution is -2.40. The molecule has 0 radical (unpaired) electrons. The average molecular weight is 261 g/mol. The van der Waals surface area contributed by atoms with Gasteiger partial charge in [-0.2, -0.15) is 0 Å². The molecule has 0 aromatic heterocycles. The number of amides is 3. The molecule has 1 aliphatic heterocycles. The first-order chi connectivity index (χ1) is 8.92. The maximum atomic E-state index is 11.3. The lowest BCUT2D eigenvalue weighted by atomic mass is 9.83. The molecule has 2 rings (SSSR count). The Morgan fingerprint density at radius 1 is 1.42 bits per heavy atom. The fraction of sp³-hybridized carbons (Fsp3) is 0.429. The molecule has 1 aliphatic rings. The molecule has 0 saturated heterocycles. The van der Waals surface area contributed by atoms with Crippen molar-refractivity contribution >= 4 is 17.6 Å². The minimum Gasteiger partial charge on any atom is -0.341 e. The average Bonchev–Trinajstić information content (AvgIpc) is 2.74. The summed E-state index contributed by atoms with van der Waals surface area (Å²) in [7, 11) is 1.59.